The van der Waals surface area contributed by atoms with Crippen LogP contribution in [0.4, 0.5) is 21.0 Å². The van der Waals surface area contributed by atoms with Gasteiger partial charge in [0.1, 0.15) is 5.84 Å². The van der Waals surface area contributed by atoms with Crippen LogP contribution in [0.5, 0.6) is 0 Å². The van der Waals surface area contributed by atoms with E-state index in [0.717, 1.165) is 64.4 Å². The van der Waals surface area contributed by atoms with Gasteiger partial charge >= 0.3 is 11.3 Å². The lowest BCUT2D eigenvalue weighted by Crippen LogP contribution is -2.43. The van der Waals surface area contributed by atoms with Crippen molar-refractivity contribution >= 4 is 46.0 Å². The molecule has 0 atom stereocenters. The maximum atomic E-state index is 12.4. The second kappa shape index (κ2) is 10.1. The van der Waals surface area contributed by atoms with Gasteiger partial charge in [-0.05, 0) is 80.8 Å². The number of aryl methyl sites for hydroxylation is 1. The van der Waals surface area contributed by atoms with Gasteiger partial charge in [-0.1, -0.05) is 6.07 Å². The summed E-state index contributed by atoms with van der Waals surface area (Å²) in [6.07, 6.45) is 0.914. The van der Waals surface area contributed by atoms with Crippen molar-refractivity contribution in [2.45, 2.75) is 38.4 Å². The van der Waals surface area contributed by atoms with Crippen LogP contribution in [0.1, 0.15) is 43.9 Å². The molecule has 10 nitrogen and oxygen atoms in total. The minimum absolute atomic E-state index is 0.0338. The molecule has 0 saturated carbocycles. The van der Waals surface area contributed by atoms with Gasteiger partial charge in [-0.25, -0.2) is 4.79 Å². The van der Waals surface area contributed by atoms with Crippen LogP contribution in [0.15, 0.2) is 52.6 Å². The zero-order valence-electron chi connectivity index (χ0n) is 20.6. The Morgan fingerprint density at radius 3 is 2.61 bits per heavy atom. The third-order valence-electron chi connectivity index (χ3n) is 6.00. The van der Waals surface area contributed by atoms with E-state index in [2.05, 4.69) is 10.0 Å². The minimum Gasteiger partial charge on any atom is -0.451 e. The lowest BCUT2D eigenvalue weighted by Gasteiger charge is -2.35. The molecular weight excluding hydrogens is 482 g/mol. The highest BCUT2D eigenvalue weighted by Crippen LogP contribution is 2.38. The number of carbonyl (C=O) groups is 2. The lowest BCUT2D eigenvalue weighted by molar-refractivity contribution is -0.384. The maximum absolute atomic E-state index is 12.4. The molecule has 4 rings (SSSR count). The third-order valence-corrected chi connectivity index (χ3v) is 7.06. The maximum Gasteiger partial charge on any atom is 0.438 e. The van der Waals surface area contributed by atoms with Crippen molar-refractivity contribution in [2.24, 2.45) is 10.1 Å². The van der Waals surface area contributed by atoms with Crippen molar-refractivity contribution in [1.82, 2.24) is 5.01 Å². The first kappa shape index (κ1) is 25.4. The number of carbonyl (C=O) groups excluding carboxylic acids is 2. The van der Waals surface area contributed by atoms with E-state index in [1.165, 1.54) is 19.2 Å². The monoisotopic (exact) mass is 509 g/mol. The van der Waals surface area contributed by atoms with Gasteiger partial charge in [0, 0.05) is 36.5 Å². The van der Waals surface area contributed by atoms with Gasteiger partial charge in [0.05, 0.1) is 22.5 Å². The summed E-state index contributed by atoms with van der Waals surface area (Å²) in [5.74, 6) is 0.759. The van der Waals surface area contributed by atoms with Crippen LogP contribution >= 0.6 is 11.8 Å². The number of methoxy groups -OCH3 is 1. The Morgan fingerprint density at radius 2 is 1.97 bits per heavy atom. The van der Waals surface area contributed by atoms with Gasteiger partial charge in [-0.3, -0.25) is 19.9 Å². The molecule has 0 saturated heterocycles. The van der Waals surface area contributed by atoms with Crippen LogP contribution in [0.3, 0.4) is 0 Å². The number of amides is 2. The summed E-state index contributed by atoms with van der Waals surface area (Å²) in [7, 11) is 1.21. The van der Waals surface area contributed by atoms with Crippen LogP contribution in [0, 0.1) is 10.1 Å². The summed E-state index contributed by atoms with van der Waals surface area (Å²) < 4.78 is 4.08. The number of amidine groups is 1. The normalized spacial score (nSPS) is 17.4. The van der Waals surface area contributed by atoms with Crippen molar-refractivity contribution in [2.75, 3.05) is 25.1 Å². The van der Waals surface area contributed by atoms with E-state index < -0.39 is 21.0 Å². The number of hydrazone groups is 1. The molecule has 0 bridgehead atoms. The zero-order chi connectivity index (χ0) is 26.0. The van der Waals surface area contributed by atoms with Gasteiger partial charge in [-0.2, -0.15) is 5.10 Å². The predicted octanol–water partition coefficient (Wildman–Crippen LogP) is 5.23. The number of nitrogens with zero attached hydrogens (tertiary/aromatic N) is 5. The highest BCUT2D eigenvalue weighted by atomic mass is 32.2. The molecule has 2 amide bonds. The molecule has 2 aromatic rings. The fourth-order valence-corrected chi connectivity index (χ4v) is 5.25. The summed E-state index contributed by atoms with van der Waals surface area (Å²) in [5.41, 5.74) is 4.36. The molecule has 0 aliphatic carbocycles. The smallest absolute Gasteiger partial charge is 0.438 e. The van der Waals surface area contributed by atoms with Gasteiger partial charge < -0.3 is 9.64 Å². The Hall–Kier alpha value is -3.73. The fraction of sp³-hybridized carbons (Fsp3) is 0.360. The lowest BCUT2D eigenvalue weighted by atomic mass is 9.93. The van der Waals surface area contributed by atoms with Crippen molar-refractivity contribution in [3.63, 3.8) is 0 Å². The standard InChI is InChI=1S/C25H27N5O5S/c1-5-26-22(16-8-11-19(12-9-16)30(33)34)28-14-6-7-17-15-18(10-13-20(17)28)21-25(2,3)36-24(32)29(27-21)23(31)35-4/h8-13,15H,5-7,14H2,1-4H3/b26-22-. The molecule has 2 aromatic carbocycles. The van der Waals surface area contributed by atoms with Gasteiger partial charge in [0.2, 0.25) is 0 Å². The molecule has 0 fully saturated rings. The van der Waals surface area contributed by atoms with Crippen molar-refractivity contribution in [1.29, 1.82) is 0 Å². The third kappa shape index (κ3) is 4.83. The minimum atomic E-state index is -0.826. The number of rotatable bonds is 4. The number of thioether (sulfide) groups is 1. The first-order valence-electron chi connectivity index (χ1n) is 11.6. The molecule has 36 heavy (non-hydrogen) atoms. The molecule has 11 heteroatoms. The number of aliphatic imine (C=N–C) groups is 1. The van der Waals surface area contributed by atoms with E-state index >= 15 is 0 Å². The van der Waals surface area contributed by atoms with E-state index in [9.17, 15) is 19.7 Å². The van der Waals surface area contributed by atoms with E-state index in [1.807, 2.05) is 39.0 Å². The number of non-ortho nitro benzene ring substituents is 1. The number of hydrogen-bond donors (Lipinski definition) is 0. The van der Waals surface area contributed by atoms with Crippen LogP contribution < -0.4 is 4.90 Å². The molecular formula is C25H27N5O5S. The number of benzene rings is 2. The number of anilines is 1. The summed E-state index contributed by atoms with van der Waals surface area (Å²) in [6, 6.07) is 12.4. The van der Waals surface area contributed by atoms with Crippen molar-refractivity contribution in [3.8, 4) is 0 Å². The average molecular weight is 510 g/mol. The van der Waals surface area contributed by atoms with Crippen LogP contribution in [-0.4, -0.2) is 57.8 Å². The fourth-order valence-electron chi connectivity index (χ4n) is 4.36. The SMILES string of the molecule is CC/N=C(/c1ccc([N+](=O)[O-])cc1)N1CCCc2cc(C3=NN(C(=O)OC)C(=O)SC3(C)C)ccc21. The first-order chi connectivity index (χ1) is 17.2. The Bertz CT molecular complexity index is 1270. The number of fused-ring (bicyclic) bond motifs is 1. The number of imide groups is 1. The molecule has 0 aromatic heterocycles. The molecule has 2 aliphatic rings. The van der Waals surface area contributed by atoms with Crippen LogP contribution in [0.25, 0.3) is 0 Å². The summed E-state index contributed by atoms with van der Waals surface area (Å²) >= 11 is 1.03. The zero-order valence-corrected chi connectivity index (χ0v) is 21.4. The van der Waals surface area contributed by atoms with Gasteiger partial charge in [0.15, 0.2) is 0 Å². The second-order valence-corrected chi connectivity index (χ2v) is 10.4. The van der Waals surface area contributed by atoms with Crippen molar-refractivity contribution < 1.29 is 19.2 Å². The summed E-state index contributed by atoms with van der Waals surface area (Å²) in [6.45, 7) is 7.07. The highest BCUT2D eigenvalue weighted by Gasteiger charge is 2.40. The highest BCUT2D eigenvalue weighted by molar-refractivity contribution is 8.15. The molecule has 2 heterocycles. The predicted molar refractivity (Wildman–Crippen MR) is 140 cm³/mol. The molecule has 0 radical (unpaired) electrons. The average Bonchev–Trinajstić information content (AvgIpc) is 2.86. The largest absolute Gasteiger partial charge is 0.451 e. The van der Waals surface area contributed by atoms with E-state index in [4.69, 9.17) is 9.73 Å². The first-order valence-corrected chi connectivity index (χ1v) is 12.4. The quantitative estimate of drug-likeness (QED) is 0.240. The van der Waals surface area contributed by atoms with Crippen LogP contribution in [-0.2, 0) is 11.2 Å². The second-order valence-electron chi connectivity index (χ2n) is 8.81. The van der Waals surface area contributed by atoms with E-state index in [0.29, 0.717) is 12.3 Å². The molecule has 0 N–H and O–H groups in total. The Labute approximate surface area is 213 Å². The van der Waals surface area contributed by atoms with Gasteiger partial charge in [0.25, 0.3) is 5.69 Å². The summed E-state index contributed by atoms with van der Waals surface area (Å²) in [4.78, 5) is 42.0. The molecule has 0 unspecified atom stereocenters. The number of nitro groups is 1. The topological polar surface area (TPSA) is 118 Å². The molecule has 0 spiro atoms. The molecule has 188 valence electrons. The summed E-state index contributed by atoms with van der Waals surface area (Å²) in [5, 5.41) is 15.7. The Kier molecular flexibility index (Phi) is 7.11. The molecule has 2 aliphatic heterocycles. The number of hydrogen-bond acceptors (Lipinski definition) is 8. The number of nitro benzene ring substituents is 1. The number of ether oxygens (including phenoxy) is 1. The van der Waals surface area contributed by atoms with Gasteiger partial charge in [-0.15, -0.1) is 5.01 Å². The van der Waals surface area contributed by atoms with E-state index in [-0.39, 0.29) is 5.69 Å². The Morgan fingerprint density at radius 1 is 1.25 bits per heavy atom. The van der Waals surface area contributed by atoms with Crippen LogP contribution in [0.2, 0.25) is 0 Å². The van der Waals surface area contributed by atoms with E-state index in [1.54, 1.807) is 12.1 Å². The Balaban J connectivity index is 1.73. The van der Waals surface area contributed by atoms with Crippen molar-refractivity contribution in [3.05, 3.63) is 69.3 Å².